The van der Waals surface area contributed by atoms with Crippen LogP contribution in [0.15, 0.2) is 30.6 Å². The van der Waals surface area contributed by atoms with E-state index in [-0.39, 0.29) is 16.7 Å². The van der Waals surface area contributed by atoms with Crippen molar-refractivity contribution in [2.24, 2.45) is 0 Å². The summed E-state index contributed by atoms with van der Waals surface area (Å²) < 4.78 is 0. The standard InChI is InChI=1S/C12H12ClN5O2/c1-17(2)9-5-3-8(4-6-9)16-12-10(18(19)20)11(13)14-7-15-12/h3-7H,1-2H3,(H,14,15,16). The average molecular weight is 294 g/mol. The van der Waals surface area contributed by atoms with Gasteiger partial charge in [0, 0.05) is 25.5 Å². The van der Waals surface area contributed by atoms with Crippen LogP contribution in [0.3, 0.4) is 0 Å². The van der Waals surface area contributed by atoms with Crippen LogP contribution in [-0.4, -0.2) is 29.0 Å². The first-order valence-electron chi connectivity index (χ1n) is 5.68. The van der Waals surface area contributed by atoms with Crippen LogP contribution in [0.1, 0.15) is 0 Å². The van der Waals surface area contributed by atoms with Crippen molar-refractivity contribution in [1.82, 2.24) is 9.97 Å². The van der Waals surface area contributed by atoms with E-state index in [0.29, 0.717) is 5.69 Å². The molecule has 1 aromatic carbocycles. The maximum Gasteiger partial charge on any atom is 0.348 e. The maximum atomic E-state index is 11.0. The second-order valence-electron chi connectivity index (χ2n) is 4.19. The molecule has 0 aliphatic carbocycles. The summed E-state index contributed by atoms with van der Waals surface area (Å²) in [4.78, 5) is 19.8. The molecule has 20 heavy (non-hydrogen) atoms. The zero-order chi connectivity index (χ0) is 14.7. The molecule has 0 unspecified atom stereocenters. The fourth-order valence-electron chi connectivity index (χ4n) is 1.59. The minimum atomic E-state index is -0.612. The highest BCUT2D eigenvalue weighted by Gasteiger charge is 2.21. The van der Waals surface area contributed by atoms with Crippen LogP contribution < -0.4 is 10.2 Å². The van der Waals surface area contributed by atoms with Gasteiger partial charge in [0.2, 0.25) is 11.0 Å². The van der Waals surface area contributed by atoms with Crippen LogP contribution >= 0.6 is 11.6 Å². The molecule has 0 bridgehead atoms. The van der Waals surface area contributed by atoms with Gasteiger partial charge in [-0.25, -0.2) is 9.97 Å². The summed E-state index contributed by atoms with van der Waals surface area (Å²) in [6, 6.07) is 7.37. The lowest BCUT2D eigenvalue weighted by Gasteiger charge is -2.13. The number of benzene rings is 1. The molecule has 2 aromatic rings. The summed E-state index contributed by atoms with van der Waals surface area (Å²) in [6.45, 7) is 0. The van der Waals surface area contributed by atoms with Gasteiger partial charge in [0.05, 0.1) is 4.92 Å². The highest BCUT2D eigenvalue weighted by molar-refractivity contribution is 6.31. The Balaban J connectivity index is 2.30. The van der Waals surface area contributed by atoms with Crippen LogP contribution in [0.4, 0.5) is 22.9 Å². The molecule has 0 fully saturated rings. The van der Waals surface area contributed by atoms with Gasteiger partial charge >= 0.3 is 5.69 Å². The van der Waals surface area contributed by atoms with Crippen LogP contribution in [0.5, 0.6) is 0 Å². The number of hydrogen-bond donors (Lipinski definition) is 1. The molecule has 1 aromatic heterocycles. The van der Waals surface area contributed by atoms with Crippen LogP contribution in [0.25, 0.3) is 0 Å². The number of rotatable bonds is 4. The largest absolute Gasteiger partial charge is 0.378 e. The lowest BCUT2D eigenvalue weighted by atomic mass is 10.2. The molecule has 1 heterocycles. The monoisotopic (exact) mass is 293 g/mol. The number of nitrogens with one attached hydrogen (secondary N) is 1. The second-order valence-corrected chi connectivity index (χ2v) is 4.54. The molecule has 0 radical (unpaired) electrons. The van der Waals surface area contributed by atoms with Gasteiger partial charge in [-0.1, -0.05) is 11.6 Å². The van der Waals surface area contributed by atoms with E-state index in [2.05, 4.69) is 15.3 Å². The number of hydrogen-bond acceptors (Lipinski definition) is 6. The van der Waals surface area contributed by atoms with Crippen molar-refractivity contribution in [1.29, 1.82) is 0 Å². The quantitative estimate of drug-likeness (QED) is 0.530. The normalized spacial score (nSPS) is 10.2. The first-order valence-corrected chi connectivity index (χ1v) is 6.06. The van der Waals surface area contributed by atoms with Gasteiger partial charge in [-0.05, 0) is 24.3 Å². The minimum absolute atomic E-state index is 0.0626. The fourth-order valence-corrected chi connectivity index (χ4v) is 1.79. The summed E-state index contributed by atoms with van der Waals surface area (Å²) in [6.07, 6.45) is 1.17. The number of nitro groups is 1. The fraction of sp³-hybridized carbons (Fsp3) is 0.167. The first kappa shape index (κ1) is 14.0. The molecular weight excluding hydrogens is 282 g/mol. The average Bonchev–Trinajstić information content (AvgIpc) is 2.39. The molecule has 0 amide bonds. The Bertz CT molecular complexity index is 630. The van der Waals surface area contributed by atoms with E-state index >= 15 is 0 Å². The Morgan fingerprint density at radius 3 is 2.45 bits per heavy atom. The van der Waals surface area contributed by atoms with Crippen molar-refractivity contribution in [3.63, 3.8) is 0 Å². The van der Waals surface area contributed by atoms with E-state index < -0.39 is 4.92 Å². The summed E-state index contributed by atoms with van der Waals surface area (Å²) in [5.41, 5.74) is 1.35. The van der Waals surface area contributed by atoms with Gasteiger partial charge in [0.25, 0.3) is 0 Å². The maximum absolute atomic E-state index is 11.0. The van der Waals surface area contributed by atoms with Gasteiger partial charge in [0.15, 0.2) is 0 Å². The van der Waals surface area contributed by atoms with Crippen LogP contribution in [0.2, 0.25) is 5.15 Å². The van der Waals surface area contributed by atoms with Gasteiger partial charge < -0.3 is 10.2 Å². The molecule has 0 atom stereocenters. The third kappa shape index (κ3) is 2.94. The van der Waals surface area contributed by atoms with Gasteiger partial charge in [-0.15, -0.1) is 0 Å². The highest BCUT2D eigenvalue weighted by atomic mass is 35.5. The third-order valence-electron chi connectivity index (χ3n) is 2.61. The van der Waals surface area contributed by atoms with E-state index in [9.17, 15) is 10.1 Å². The van der Waals surface area contributed by atoms with Gasteiger partial charge in [-0.3, -0.25) is 10.1 Å². The molecule has 8 heteroatoms. The van der Waals surface area contributed by atoms with Crippen LogP contribution in [0, 0.1) is 10.1 Å². The summed E-state index contributed by atoms with van der Waals surface area (Å²) in [7, 11) is 3.86. The topological polar surface area (TPSA) is 84.2 Å². The van der Waals surface area contributed by atoms with E-state index in [1.165, 1.54) is 6.33 Å². The molecule has 0 aliphatic rings. The molecule has 104 valence electrons. The molecular formula is C12H12ClN5O2. The van der Waals surface area contributed by atoms with Crippen molar-refractivity contribution in [2.45, 2.75) is 0 Å². The van der Waals surface area contributed by atoms with Crippen molar-refractivity contribution in [3.8, 4) is 0 Å². The van der Waals surface area contributed by atoms with E-state index in [1.54, 1.807) is 12.1 Å². The summed E-state index contributed by atoms with van der Waals surface area (Å²) in [5, 5.41) is 13.6. The minimum Gasteiger partial charge on any atom is -0.378 e. The third-order valence-corrected chi connectivity index (χ3v) is 2.88. The highest BCUT2D eigenvalue weighted by Crippen LogP contribution is 2.30. The Labute approximate surface area is 120 Å². The Kier molecular flexibility index (Phi) is 3.99. The van der Waals surface area contributed by atoms with E-state index in [0.717, 1.165) is 5.69 Å². The molecule has 0 saturated heterocycles. The van der Waals surface area contributed by atoms with E-state index in [1.807, 2.05) is 31.1 Å². The number of aromatic nitrogens is 2. The number of halogens is 1. The molecule has 7 nitrogen and oxygen atoms in total. The van der Waals surface area contributed by atoms with Gasteiger partial charge in [0.1, 0.15) is 6.33 Å². The lowest BCUT2D eigenvalue weighted by Crippen LogP contribution is -2.08. The zero-order valence-electron chi connectivity index (χ0n) is 10.9. The van der Waals surface area contributed by atoms with E-state index in [4.69, 9.17) is 11.6 Å². The smallest absolute Gasteiger partial charge is 0.348 e. The Hall–Kier alpha value is -2.41. The van der Waals surface area contributed by atoms with Gasteiger partial charge in [-0.2, -0.15) is 0 Å². The lowest BCUT2D eigenvalue weighted by molar-refractivity contribution is -0.384. The molecule has 0 spiro atoms. The van der Waals surface area contributed by atoms with Crippen molar-refractivity contribution in [3.05, 3.63) is 45.9 Å². The zero-order valence-corrected chi connectivity index (χ0v) is 11.6. The predicted octanol–water partition coefficient (Wildman–Crippen LogP) is 2.85. The molecule has 1 N–H and O–H groups in total. The van der Waals surface area contributed by atoms with Crippen LogP contribution in [-0.2, 0) is 0 Å². The molecule has 2 rings (SSSR count). The Morgan fingerprint density at radius 1 is 1.25 bits per heavy atom. The van der Waals surface area contributed by atoms with Crippen molar-refractivity contribution >= 4 is 34.5 Å². The first-order chi connectivity index (χ1) is 9.49. The number of nitrogens with zero attached hydrogens (tertiary/aromatic N) is 4. The predicted molar refractivity (Wildman–Crippen MR) is 77.7 cm³/mol. The van der Waals surface area contributed by atoms with Crippen molar-refractivity contribution < 1.29 is 4.92 Å². The Morgan fingerprint density at radius 2 is 1.90 bits per heavy atom. The van der Waals surface area contributed by atoms with Crippen molar-refractivity contribution in [2.75, 3.05) is 24.3 Å². The number of anilines is 3. The SMILES string of the molecule is CN(C)c1ccc(Nc2ncnc(Cl)c2[N+](=O)[O-])cc1. The summed E-state index contributed by atoms with van der Waals surface area (Å²) in [5.74, 6) is 0.0626. The second kappa shape index (κ2) is 5.70. The molecule has 0 aliphatic heterocycles. The molecule has 0 saturated carbocycles. The summed E-state index contributed by atoms with van der Waals surface area (Å²) >= 11 is 5.72.